The van der Waals surface area contributed by atoms with Gasteiger partial charge in [-0.15, -0.1) is 0 Å². The molecule has 0 fully saturated rings. The Balaban J connectivity index is 2.80. The van der Waals surface area contributed by atoms with Crippen molar-refractivity contribution in [1.82, 2.24) is 0 Å². The molecule has 0 amide bonds. The summed E-state index contributed by atoms with van der Waals surface area (Å²) in [6.07, 6.45) is 1.71. The SMILES string of the molecule is CC(CCOc1ccc(CN)cc1)(S(C)(=O)=O)S(C)(=O)=O. The van der Waals surface area contributed by atoms with E-state index in [0.29, 0.717) is 12.3 Å². The van der Waals surface area contributed by atoms with E-state index in [1.165, 1.54) is 6.92 Å². The van der Waals surface area contributed by atoms with Gasteiger partial charge in [0.15, 0.2) is 23.8 Å². The molecule has 21 heavy (non-hydrogen) atoms. The predicted octanol–water partition coefficient (Wildman–Crippen LogP) is 0.720. The number of sulfone groups is 2. The molecule has 1 aromatic rings. The van der Waals surface area contributed by atoms with Gasteiger partial charge in [-0.25, -0.2) is 16.8 Å². The van der Waals surface area contributed by atoms with Crippen molar-refractivity contribution in [3.8, 4) is 5.75 Å². The summed E-state index contributed by atoms with van der Waals surface area (Å²) >= 11 is 0. The molecule has 0 spiro atoms. The molecular formula is C13H21NO5S2. The lowest BCUT2D eigenvalue weighted by atomic mass is 10.2. The first-order valence-electron chi connectivity index (χ1n) is 6.32. The van der Waals surface area contributed by atoms with E-state index in [4.69, 9.17) is 10.5 Å². The van der Waals surface area contributed by atoms with Crippen LogP contribution in [-0.4, -0.2) is 40.0 Å². The lowest BCUT2D eigenvalue weighted by Crippen LogP contribution is -2.43. The van der Waals surface area contributed by atoms with E-state index in [0.717, 1.165) is 18.1 Å². The zero-order valence-electron chi connectivity index (χ0n) is 12.4. The van der Waals surface area contributed by atoms with Crippen LogP contribution in [0.15, 0.2) is 24.3 Å². The van der Waals surface area contributed by atoms with Gasteiger partial charge in [-0.1, -0.05) is 12.1 Å². The minimum atomic E-state index is -3.77. The molecule has 0 saturated carbocycles. The summed E-state index contributed by atoms with van der Waals surface area (Å²) in [5.41, 5.74) is 6.42. The fourth-order valence-electron chi connectivity index (χ4n) is 1.72. The number of benzene rings is 1. The molecule has 6 nitrogen and oxygen atoms in total. The van der Waals surface area contributed by atoms with Gasteiger partial charge in [0.05, 0.1) is 6.61 Å². The third-order valence-electron chi connectivity index (χ3n) is 3.55. The van der Waals surface area contributed by atoms with Crippen LogP contribution in [0.4, 0.5) is 0 Å². The number of ether oxygens (including phenoxy) is 1. The first-order chi connectivity index (χ1) is 9.51. The normalized spacial score (nSPS) is 13.1. The Morgan fingerprint density at radius 3 is 1.90 bits per heavy atom. The Hall–Kier alpha value is -1.12. The van der Waals surface area contributed by atoms with Crippen LogP contribution in [0, 0.1) is 0 Å². The molecule has 8 heteroatoms. The van der Waals surface area contributed by atoms with Gasteiger partial charge < -0.3 is 10.5 Å². The van der Waals surface area contributed by atoms with E-state index >= 15 is 0 Å². The van der Waals surface area contributed by atoms with Crippen molar-refractivity contribution in [2.45, 2.75) is 24.0 Å². The van der Waals surface area contributed by atoms with Gasteiger partial charge in [0.2, 0.25) is 0 Å². The fourth-order valence-corrected chi connectivity index (χ4v) is 4.83. The molecule has 0 radical (unpaired) electrons. The largest absolute Gasteiger partial charge is 0.494 e. The highest BCUT2D eigenvalue weighted by Crippen LogP contribution is 2.27. The van der Waals surface area contributed by atoms with Crippen LogP contribution in [-0.2, 0) is 26.2 Å². The van der Waals surface area contributed by atoms with Crippen LogP contribution in [0.1, 0.15) is 18.9 Å². The second-order valence-corrected chi connectivity index (χ2v) is 10.3. The third-order valence-corrected chi connectivity index (χ3v) is 8.91. The maximum absolute atomic E-state index is 11.8. The topological polar surface area (TPSA) is 104 Å². The molecule has 0 heterocycles. The number of hydrogen-bond donors (Lipinski definition) is 1. The van der Waals surface area contributed by atoms with Crippen LogP contribution in [0.25, 0.3) is 0 Å². The molecule has 0 aliphatic heterocycles. The number of rotatable bonds is 7. The van der Waals surface area contributed by atoms with Gasteiger partial charge in [0.1, 0.15) is 5.75 Å². The van der Waals surface area contributed by atoms with Crippen molar-refractivity contribution in [3.63, 3.8) is 0 Å². The molecule has 0 atom stereocenters. The summed E-state index contributed by atoms with van der Waals surface area (Å²) in [6, 6.07) is 7.00. The first kappa shape index (κ1) is 17.9. The Bertz CT molecular complexity index is 646. The van der Waals surface area contributed by atoms with Crippen molar-refractivity contribution in [2.24, 2.45) is 5.73 Å². The molecular weight excluding hydrogens is 314 g/mol. The first-order valence-corrected chi connectivity index (χ1v) is 10.1. The molecule has 0 aromatic heterocycles. The minimum absolute atomic E-state index is 0.0153. The lowest BCUT2D eigenvalue weighted by Gasteiger charge is -2.25. The quantitative estimate of drug-likeness (QED) is 0.787. The monoisotopic (exact) mass is 335 g/mol. The Morgan fingerprint density at radius 2 is 1.52 bits per heavy atom. The summed E-state index contributed by atoms with van der Waals surface area (Å²) < 4.78 is 50.7. The van der Waals surface area contributed by atoms with E-state index < -0.39 is 23.8 Å². The molecule has 0 unspecified atom stereocenters. The smallest absolute Gasteiger partial charge is 0.173 e. The predicted molar refractivity (Wildman–Crippen MR) is 82.5 cm³/mol. The maximum Gasteiger partial charge on any atom is 0.173 e. The highest BCUT2D eigenvalue weighted by Gasteiger charge is 2.45. The summed E-state index contributed by atoms with van der Waals surface area (Å²) in [6.45, 7) is 1.61. The van der Waals surface area contributed by atoms with Crippen molar-refractivity contribution >= 4 is 19.7 Å². The molecule has 120 valence electrons. The van der Waals surface area contributed by atoms with Crippen molar-refractivity contribution in [1.29, 1.82) is 0 Å². The Morgan fingerprint density at radius 1 is 1.05 bits per heavy atom. The molecule has 1 aromatic carbocycles. The van der Waals surface area contributed by atoms with Crippen molar-refractivity contribution in [3.05, 3.63) is 29.8 Å². The number of nitrogens with two attached hydrogens (primary N) is 1. The molecule has 2 N–H and O–H groups in total. The van der Waals surface area contributed by atoms with E-state index in [1.54, 1.807) is 24.3 Å². The molecule has 1 rings (SSSR count). The van der Waals surface area contributed by atoms with Crippen molar-refractivity contribution < 1.29 is 21.6 Å². The van der Waals surface area contributed by atoms with E-state index in [-0.39, 0.29) is 13.0 Å². The third kappa shape index (κ3) is 4.18. The molecule has 0 saturated heterocycles. The van der Waals surface area contributed by atoms with Crippen LogP contribution < -0.4 is 10.5 Å². The van der Waals surface area contributed by atoms with Gasteiger partial charge in [-0.3, -0.25) is 0 Å². The average Bonchev–Trinajstić information content (AvgIpc) is 2.36. The minimum Gasteiger partial charge on any atom is -0.494 e. The second-order valence-electron chi connectivity index (χ2n) is 5.12. The average molecular weight is 335 g/mol. The summed E-state index contributed by atoms with van der Waals surface area (Å²) in [4.78, 5) is 0. The summed E-state index contributed by atoms with van der Waals surface area (Å²) in [5.74, 6) is 0.538. The fraction of sp³-hybridized carbons (Fsp3) is 0.538. The molecule has 0 aliphatic rings. The molecule has 0 aliphatic carbocycles. The van der Waals surface area contributed by atoms with E-state index in [1.807, 2.05) is 0 Å². The van der Waals surface area contributed by atoms with Gasteiger partial charge >= 0.3 is 0 Å². The van der Waals surface area contributed by atoms with Crippen LogP contribution in [0.3, 0.4) is 0 Å². The second kappa shape index (κ2) is 6.33. The standard InChI is InChI=1S/C13H21NO5S2/c1-13(20(2,15)16,21(3,17)18)8-9-19-12-6-4-11(10-14)5-7-12/h4-7H,8-10,14H2,1-3H3. The Kier molecular flexibility index (Phi) is 5.40. The highest BCUT2D eigenvalue weighted by atomic mass is 32.3. The summed E-state index contributed by atoms with van der Waals surface area (Å²) in [5, 5.41) is 0. The van der Waals surface area contributed by atoms with E-state index in [2.05, 4.69) is 0 Å². The number of hydrogen-bond acceptors (Lipinski definition) is 6. The van der Waals surface area contributed by atoms with Crippen LogP contribution in [0.2, 0.25) is 0 Å². The van der Waals surface area contributed by atoms with Crippen molar-refractivity contribution in [2.75, 3.05) is 19.1 Å². The van der Waals surface area contributed by atoms with Gasteiger partial charge in [-0.2, -0.15) is 0 Å². The van der Waals surface area contributed by atoms with Crippen LogP contribution >= 0.6 is 0 Å². The highest BCUT2D eigenvalue weighted by molar-refractivity contribution is 8.09. The summed E-state index contributed by atoms with van der Waals surface area (Å²) in [7, 11) is -7.54. The van der Waals surface area contributed by atoms with Gasteiger partial charge in [0, 0.05) is 25.5 Å². The van der Waals surface area contributed by atoms with E-state index in [9.17, 15) is 16.8 Å². The zero-order chi connectivity index (χ0) is 16.3. The van der Waals surface area contributed by atoms with Gasteiger partial charge in [-0.05, 0) is 24.6 Å². The van der Waals surface area contributed by atoms with Gasteiger partial charge in [0.25, 0.3) is 0 Å². The lowest BCUT2D eigenvalue weighted by molar-refractivity contribution is 0.303. The maximum atomic E-state index is 11.8. The Labute approximate surface area is 126 Å². The van der Waals surface area contributed by atoms with Crippen LogP contribution in [0.5, 0.6) is 5.75 Å². The molecule has 0 bridgehead atoms. The zero-order valence-corrected chi connectivity index (χ0v) is 14.0.